The highest BCUT2D eigenvalue weighted by atomic mass is 32.2. The molecule has 26 heavy (non-hydrogen) atoms. The van der Waals surface area contributed by atoms with Crippen molar-refractivity contribution < 1.29 is 9.84 Å². The first-order valence-corrected chi connectivity index (χ1v) is 11.3. The molecule has 0 spiro atoms. The third-order valence-corrected chi connectivity index (χ3v) is 6.87. The predicted molar refractivity (Wildman–Crippen MR) is 114 cm³/mol. The number of aliphatic hydroxyl groups is 1. The van der Waals surface area contributed by atoms with Gasteiger partial charge in [-0.05, 0) is 74.7 Å². The molecule has 0 aromatic carbocycles. The van der Waals surface area contributed by atoms with Crippen molar-refractivity contribution in [3.8, 4) is 0 Å². The maximum absolute atomic E-state index is 9.48. The summed E-state index contributed by atoms with van der Waals surface area (Å²) in [5.74, 6) is 2.73. The van der Waals surface area contributed by atoms with Gasteiger partial charge in [-0.25, -0.2) is 0 Å². The molecule has 0 amide bonds. The van der Waals surface area contributed by atoms with E-state index in [0.29, 0.717) is 12.0 Å². The summed E-state index contributed by atoms with van der Waals surface area (Å²) >= 11 is 1.98. The molecule has 3 atom stereocenters. The Bertz CT molecular complexity index is 528. The molecule has 0 aromatic rings. The van der Waals surface area contributed by atoms with Crippen LogP contribution in [0.3, 0.4) is 0 Å². The Morgan fingerprint density at radius 2 is 2.19 bits per heavy atom. The van der Waals surface area contributed by atoms with Gasteiger partial charge >= 0.3 is 0 Å². The summed E-state index contributed by atoms with van der Waals surface area (Å²) in [4.78, 5) is 0. The van der Waals surface area contributed by atoms with E-state index in [9.17, 15) is 5.11 Å². The van der Waals surface area contributed by atoms with Crippen molar-refractivity contribution in [3.63, 3.8) is 0 Å². The van der Waals surface area contributed by atoms with Crippen LogP contribution >= 0.6 is 11.8 Å². The zero-order valence-corrected chi connectivity index (χ0v) is 17.5. The molecular formula is C22H37NO2S. The molecule has 4 heteroatoms. The molecular weight excluding hydrogens is 342 g/mol. The average molecular weight is 380 g/mol. The van der Waals surface area contributed by atoms with E-state index in [1.165, 1.54) is 28.9 Å². The van der Waals surface area contributed by atoms with Gasteiger partial charge in [0.25, 0.3) is 0 Å². The van der Waals surface area contributed by atoms with Crippen molar-refractivity contribution in [3.05, 3.63) is 35.5 Å². The number of ether oxygens (including phenoxy) is 1. The highest BCUT2D eigenvalue weighted by Gasteiger charge is 2.36. The minimum atomic E-state index is -0.406. The molecule has 3 N–H and O–H groups in total. The van der Waals surface area contributed by atoms with E-state index in [4.69, 9.17) is 10.5 Å². The lowest BCUT2D eigenvalue weighted by Gasteiger charge is -2.28. The third kappa shape index (κ3) is 6.26. The minimum Gasteiger partial charge on any atom is -0.394 e. The second-order valence-corrected chi connectivity index (χ2v) is 9.09. The largest absolute Gasteiger partial charge is 0.394 e. The van der Waals surface area contributed by atoms with Gasteiger partial charge in [-0.3, -0.25) is 0 Å². The predicted octanol–water partition coefficient (Wildman–Crippen LogP) is 4.62. The topological polar surface area (TPSA) is 55.5 Å². The Hall–Kier alpha value is -0.550. The lowest BCUT2D eigenvalue weighted by molar-refractivity contribution is 0.0550. The van der Waals surface area contributed by atoms with Gasteiger partial charge in [0, 0.05) is 11.3 Å². The normalized spacial score (nSPS) is 32.5. The monoisotopic (exact) mass is 379 g/mol. The molecule has 2 aliphatic carbocycles. The molecule has 2 fully saturated rings. The van der Waals surface area contributed by atoms with Crippen LogP contribution in [0.25, 0.3) is 0 Å². The van der Waals surface area contributed by atoms with Crippen LogP contribution in [0.15, 0.2) is 35.5 Å². The fraction of sp³-hybridized carbons (Fsp3) is 0.727. The van der Waals surface area contributed by atoms with E-state index in [1.54, 1.807) is 0 Å². The van der Waals surface area contributed by atoms with Gasteiger partial charge in [0.05, 0.1) is 19.3 Å². The number of hydrogen-bond donors (Lipinski definition) is 2. The van der Waals surface area contributed by atoms with Crippen LogP contribution in [0.1, 0.15) is 58.8 Å². The smallest absolute Gasteiger partial charge is 0.0619 e. The third-order valence-electron chi connectivity index (χ3n) is 5.72. The van der Waals surface area contributed by atoms with Crippen LogP contribution in [0, 0.1) is 5.92 Å². The van der Waals surface area contributed by atoms with Gasteiger partial charge < -0.3 is 15.6 Å². The van der Waals surface area contributed by atoms with E-state index in [2.05, 4.69) is 32.6 Å². The highest BCUT2D eigenvalue weighted by Crippen LogP contribution is 2.39. The molecule has 0 saturated heterocycles. The summed E-state index contributed by atoms with van der Waals surface area (Å²) in [5.41, 5.74) is 9.82. The second-order valence-electron chi connectivity index (χ2n) is 7.87. The summed E-state index contributed by atoms with van der Waals surface area (Å²) in [6.45, 7) is 9.60. The van der Waals surface area contributed by atoms with Gasteiger partial charge in [0.15, 0.2) is 0 Å². The van der Waals surface area contributed by atoms with Crippen molar-refractivity contribution in [1.29, 1.82) is 0 Å². The number of hydrogen-bond acceptors (Lipinski definition) is 4. The first kappa shape index (κ1) is 21.7. The minimum absolute atomic E-state index is 0.0724. The molecule has 0 radical (unpaired) electrons. The summed E-state index contributed by atoms with van der Waals surface area (Å²) in [7, 11) is 0. The van der Waals surface area contributed by atoms with E-state index in [0.717, 1.165) is 50.9 Å². The SMILES string of the molecule is C=C(/C=C1/CC[C@H](OCCSCCC)C/C1=C/C)[C@H]1CC[C@](N)(CO)C1. The van der Waals surface area contributed by atoms with Crippen molar-refractivity contribution >= 4 is 11.8 Å². The Morgan fingerprint density at radius 3 is 2.85 bits per heavy atom. The molecule has 0 heterocycles. The van der Waals surface area contributed by atoms with Crippen LogP contribution in [-0.4, -0.2) is 41.5 Å². The fourth-order valence-electron chi connectivity index (χ4n) is 4.04. The van der Waals surface area contributed by atoms with Gasteiger partial charge in [-0.2, -0.15) is 11.8 Å². The van der Waals surface area contributed by atoms with Crippen molar-refractivity contribution in [2.45, 2.75) is 70.4 Å². The molecule has 148 valence electrons. The first-order valence-electron chi connectivity index (χ1n) is 10.2. The lowest BCUT2D eigenvalue weighted by atomic mass is 9.84. The van der Waals surface area contributed by atoms with E-state index >= 15 is 0 Å². The van der Waals surface area contributed by atoms with Gasteiger partial charge in [0.1, 0.15) is 0 Å². The average Bonchev–Trinajstić information content (AvgIpc) is 3.05. The molecule has 0 aliphatic heterocycles. The van der Waals surface area contributed by atoms with Crippen molar-refractivity contribution in [2.75, 3.05) is 24.7 Å². The molecule has 2 saturated carbocycles. The first-order chi connectivity index (χ1) is 12.5. The highest BCUT2D eigenvalue weighted by molar-refractivity contribution is 7.99. The Labute approximate surface area is 164 Å². The Kier molecular flexibility index (Phi) is 8.95. The Balaban J connectivity index is 1.85. The van der Waals surface area contributed by atoms with Crippen molar-refractivity contribution in [2.24, 2.45) is 11.7 Å². The van der Waals surface area contributed by atoms with Crippen LogP contribution in [-0.2, 0) is 4.74 Å². The summed E-state index contributed by atoms with van der Waals surface area (Å²) in [5, 5.41) is 9.48. The van der Waals surface area contributed by atoms with E-state index in [-0.39, 0.29) is 6.61 Å². The molecule has 0 unspecified atom stereocenters. The number of nitrogens with two attached hydrogens (primary N) is 1. The zero-order chi connectivity index (χ0) is 19.0. The van der Waals surface area contributed by atoms with Gasteiger partial charge in [0.2, 0.25) is 0 Å². The fourth-order valence-corrected chi connectivity index (χ4v) is 4.75. The standard InChI is InChI=1S/C22H37NO2S/c1-4-11-26-12-10-25-21-7-6-19(18(5-2)14-21)13-17(3)20-8-9-22(23,15-20)16-24/h5,13,20-21,24H,3-4,6-12,14-16,23H2,1-2H3/b18-5-,19-13-/t20-,21-,22+/m0/s1. The molecule has 2 aliphatic rings. The maximum Gasteiger partial charge on any atom is 0.0619 e. The van der Waals surface area contributed by atoms with E-state index in [1.807, 2.05) is 11.8 Å². The van der Waals surface area contributed by atoms with Crippen LogP contribution in [0.4, 0.5) is 0 Å². The molecule has 2 rings (SSSR count). The maximum atomic E-state index is 9.48. The number of aliphatic hydroxyl groups excluding tert-OH is 1. The van der Waals surface area contributed by atoms with Crippen LogP contribution in [0.5, 0.6) is 0 Å². The number of rotatable bonds is 9. The summed E-state index contributed by atoms with van der Waals surface area (Å²) in [6, 6.07) is 0. The molecule has 0 bridgehead atoms. The number of allylic oxidation sites excluding steroid dienone is 4. The quantitative estimate of drug-likeness (QED) is 0.574. The van der Waals surface area contributed by atoms with Crippen LogP contribution < -0.4 is 5.73 Å². The van der Waals surface area contributed by atoms with E-state index < -0.39 is 5.54 Å². The lowest BCUT2D eigenvalue weighted by Crippen LogP contribution is -2.40. The van der Waals surface area contributed by atoms with Gasteiger partial charge in [-0.1, -0.05) is 31.2 Å². The van der Waals surface area contributed by atoms with Crippen LogP contribution in [0.2, 0.25) is 0 Å². The second kappa shape index (κ2) is 10.7. The van der Waals surface area contributed by atoms with Crippen molar-refractivity contribution in [1.82, 2.24) is 0 Å². The summed E-state index contributed by atoms with van der Waals surface area (Å²) < 4.78 is 6.10. The Morgan fingerprint density at radius 1 is 1.38 bits per heavy atom. The molecule has 0 aromatic heterocycles. The van der Waals surface area contributed by atoms with Gasteiger partial charge in [-0.15, -0.1) is 0 Å². The summed E-state index contributed by atoms with van der Waals surface area (Å²) in [6.07, 6.45) is 12.0. The molecule has 3 nitrogen and oxygen atoms in total. The number of thioether (sulfide) groups is 1. The zero-order valence-electron chi connectivity index (χ0n) is 16.6.